The van der Waals surface area contributed by atoms with E-state index in [4.69, 9.17) is 4.74 Å². The van der Waals surface area contributed by atoms with E-state index in [1.165, 1.54) is 5.56 Å². The average molecular weight is 424 g/mol. The van der Waals surface area contributed by atoms with Crippen LogP contribution in [0.4, 0.5) is 0 Å². The molecule has 160 valence electrons. The van der Waals surface area contributed by atoms with Crippen molar-refractivity contribution < 1.29 is 9.53 Å². The van der Waals surface area contributed by atoms with Gasteiger partial charge in [-0.25, -0.2) is 0 Å². The van der Waals surface area contributed by atoms with Crippen LogP contribution >= 0.6 is 0 Å². The zero-order valence-electron chi connectivity index (χ0n) is 18.0. The number of carbonyl (C=O) groups excluding carboxylic acids is 1. The second kappa shape index (κ2) is 8.71. The van der Waals surface area contributed by atoms with Gasteiger partial charge in [-0.1, -0.05) is 54.6 Å². The van der Waals surface area contributed by atoms with Crippen LogP contribution in [-0.2, 0) is 13.0 Å². The summed E-state index contributed by atoms with van der Waals surface area (Å²) in [5.74, 6) is 0.807. The van der Waals surface area contributed by atoms with Crippen LogP contribution in [0.25, 0.3) is 22.5 Å². The van der Waals surface area contributed by atoms with Crippen molar-refractivity contribution >= 4 is 5.91 Å². The number of benzene rings is 3. The van der Waals surface area contributed by atoms with Gasteiger partial charge >= 0.3 is 0 Å². The number of nitrogens with one attached hydrogen (secondary N) is 2. The van der Waals surface area contributed by atoms with E-state index in [2.05, 4.69) is 27.6 Å². The Labute approximate surface area is 187 Å². The van der Waals surface area contributed by atoms with Gasteiger partial charge < -0.3 is 10.1 Å². The lowest BCUT2D eigenvalue weighted by Gasteiger charge is -2.17. The van der Waals surface area contributed by atoms with E-state index in [0.717, 1.165) is 46.7 Å². The van der Waals surface area contributed by atoms with Gasteiger partial charge in [0.15, 0.2) is 0 Å². The van der Waals surface area contributed by atoms with Crippen LogP contribution in [0, 0.1) is 0 Å². The molecule has 0 radical (unpaired) electrons. The second-order valence-corrected chi connectivity index (χ2v) is 8.19. The topological polar surface area (TPSA) is 67.0 Å². The molecule has 0 saturated carbocycles. The highest BCUT2D eigenvalue weighted by Crippen LogP contribution is 2.39. The molecule has 1 aliphatic rings. The Morgan fingerprint density at radius 1 is 1.03 bits per heavy atom. The van der Waals surface area contributed by atoms with Crippen LogP contribution in [-0.4, -0.2) is 22.1 Å². The highest BCUT2D eigenvalue weighted by atomic mass is 16.5. The van der Waals surface area contributed by atoms with E-state index in [0.29, 0.717) is 12.2 Å². The van der Waals surface area contributed by atoms with E-state index >= 15 is 0 Å². The lowest BCUT2D eigenvalue weighted by Crippen LogP contribution is -2.32. The minimum Gasteiger partial charge on any atom is -0.488 e. The third-order valence-electron chi connectivity index (χ3n) is 5.90. The van der Waals surface area contributed by atoms with E-state index in [9.17, 15) is 4.79 Å². The van der Waals surface area contributed by atoms with Crippen molar-refractivity contribution in [3.63, 3.8) is 0 Å². The van der Waals surface area contributed by atoms with Crippen molar-refractivity contribution in [3.05, 3.63) is 95.6 Å². The Bertz CT molecular complexity index is 1230. The number of hydrogen-bond donors (Lipinski definition) is 2. The standard InChI is InChI=1S/C27H25N3O2/c1-18(11-12-19-7-3-2-4-8-19)28-27(31)21-15-13-20(14-16-21)25-23-17-32-24-10-6-5-9-22(24)26(23)30-29-25/h2-10,13-16,18H,11-12,17H2,1H3,(H,28,31)(H,29,30). The lowest BCUT2D eigenvalue weighted by molar-refractivity contribution is 0.0938. The van der Waals surface area contributed by atoms with Crippen molar-refractivity contribution in [2.75, 3.05) is 0 Å². The van der Waals surface area contributed by atoms with Gasteiger partial charge in [0.2, 0.25) is 0 Å². The number of rotatable bonds is 6. The van der Waals surface area contributed by atoms with E-state index in [1.54, 1.807) is 0 Å². The van der Waals surface area contributed by atoms with Crippen molar-refractivity contribution in [1.29, 1.82) is 0 Å². The molecule has 1 amide bonds. The summed E-state index contributed by atoms with van der Waals surface area (Å²) in [6, 6.07) is 26.0. The van der Waals surface area contributed by atoms with Crippen molar-refractivity contribution in [2.24, 2.45) is 0 Å². The van der Waals surface area contributed by atoms with Gasteiger partial charge in [-0.3, -0.25) is 9.89 Å². The average Bonchev–Trinajstić information content (AvgIpc) is 3.28. The van der Waals surface area contributed by atoms with Gasteiger partial charge in [-0.15, -0.1) is 0 Å². The van der Waals surface area contributed by atoms with E-state index < -0.39 is 0 Å². The predicted molar refractivity (Wildman–Crippen MR) is 125 cm³/mol. The summed E-state index contributed by atoms with van der Waals surface area (Å²) < 4.78 is 5.91. The Hall–Kier alpha value is -3.86. The molecule has 5 rings (SSSR count). The minimum absolute atomic E-state index is 0.0570. The molecule has 1 aliphatic heterocycles. The monoisotopic (exact) mass is 423 g/mol. The number of carbonyl (C=O) groups is 1. The second-order valence-electron chi connectivity index (χ2n) is 8.19. The van der Waals surface area contributed by atoms with Gasteiger partial charge in [0.05, 0.1) is 11.4 Å². The van der Waals surface area contributed by atoms with Gasteiger partial charge in [-0.05, 0) is 49.6 Å². The Morgan fingerprint density at radius 3 is 2.59 bits per heavy atom. The molecule has 1 atom stereocenters. The zero-order valence-corrected chi connectivity index (χ0v) is 18.0. The summed E-state index contributed by atoms with van der Waals surface area (Å²) in [6.07, 6.45) is 1.84. The number of hydrogen-bond acceptors (Lipinski definition) is 3. The normalized spacial score (nSPS) is 12.9. The first-order valence-corrected chi connectivity index (χ1v) is 10.9. The summed E-state index contributed by atoms with van der Waals surface area (Å²) in [4.78, 5) is 12.7. The molecule has 4 aromatic rings. The van der Waals surface area contributed by atoms with Crippen molar-refractivity contribution in [3.8, 4) is 28.3 Å². The number of amides is 1. The molecular weight excluding hydrogens is 398 g/mol. The van der Waals surface area contributed by atoms with Gasteiger partial charge in [0, 0.05) is 28.3 Å². The first-order valence-electron chi connectivity index (χ1n) is 10.9. The molecule has 0 spiro atoms. The number of para-hydroxylation sites is 1. The Balaban J connectivity index is 1.26. The van der Waals surface area contributed by atoms with Crippen molar-refractivity contribution in [2.45, 2.75) is 32.4 Å². The third-order valence-corrected chi connectivity index (χ3v) is 5.90. The van der Waals surface area contributed by atoms with Crippen LogP contribution in [0.15, 0.2) is 78.9 Å². The quantitative estimate of drug-likeness (QED) is 0.437. The first kappa shape index (κ1) is 20.1. The smallest absolute Gasteiger partial charge is 0.251 e. The van der Waals surface area contributed by atoms with Crippen molar-refractivity contribution in [1.82, 2.24) is 15.5 Å². The summed E-state index contributed by atoms with van der Waals surface area (Å²) in [6.45, 7) is 2.52. The largest absolute Gasteiger partial charge is 0.488 e. The summed E-state index contributed by atoms with van der Waals surface area (Å²) in [7, 11) is 0. The third kappa shape index (κ3) is 4.02. The first-order chi connectivity index (χ1) is 15.7. The molecule has 2 heterocycles. The Kier molecular flexibility index (Phi) is 5.46. The van der Waals surface area contributed by atoms with E-state index in [1.807, 2.05) is 73.7 Å². The molecule has 2 N–H and O–H groups in total. The molecule has 1 unspecified atom stereocenters. The van der Waals surface area contributed by atoms with Crippen LogP contribution in [0.5, 0.6) is 5.75 Å². The molecule has 0 fully saturated rings. The SMILES string of the molecule is CC(CCc1ccccc1)NC(=O)c1ccc(-c2n[nH]c3c2COc2ccccc2-3)cc1. The molecule has 0 saturated heterocycles. The zero-order chi connectivity index (χ0) is 21.9. The maximum Gasteiger partial charge on any atom is 0.251 e. The fourth-order valence-electron chi connectivity index (χ4n) is 4.10. The molecular formula is C27H25N3O2. The number of aromatic amines is 1. The summed E-state index contributed by atoms with van der Waals surface area (Å²) in [5.41, 5.74) is 6.80. The predicted octanol–water partition coefficient (Wildman–Crippen LogP) is 5.39. The molecule has 32 heavy (non-hydrogen) atoms. The number of ether oxygens (including phenoxy) is 1. The molecule has 5 heteroatoms. The number of aromatic nitrogens is 2. The molecule has 0 bridgehead atoms. The van der Waals surface area contributed by atoms with Gasteiger partial charge in [0.1, 0.15) is 12.4 Å². The minimum atomic E-state index is -0.0570. The summed E-state index contributed by atoms with van der Waals surface area (Å²) >= 11 is 0. The van der Waals surface area contributed by atoms with Gasteiger partial charge in [-0.2, -0.15) is 5.10 Å². The maximum atomic E-state index is 12.7. The van der Waals surface area contributed by atoms with E-state index in [-0.39, 0.29) is 11.9 Å². The van der Waals surface area contributed by atoms with Crippen LogP contribution < -0.4 is 10.1 Å². The number of H-pyrrole nitrogens is 1. The molecule has 0 aliphatic carbocycles. The summed E-state index contributed by atoms with van der Waals surface area (Å²) in [5, 5.41) is 10.8. The van der Waals surface area contributed by atoms with Crippen LogP contribution in [0.1, 0.15) is 34.8 Å². The lowest BCUT2D eigenvalue weighted by atomic mass is 9.99. The molecule has 5 nitrogen and oxygen atoms in total. The highest BCUT2D eigenvalue weighted by Gasteiger charge is 2.23. The fourth-order valence-corrected chi connectivity index (χ4v) is 4.10. The molecule has 1 aromatic heterocycles. The number of fused-ring (bicyclic) bond motifs is 3. The van der Waals surface area contributed by atoms with Crippen LogP contribution in [0.3, 0.4) is 0 Å². The fraction of sp³-hybridized carbons (Fsp3) is 0.185. The number of nitrogens with zero attached hydrogens (tertiary/aromatic N) is 1. The molecule has 3 aromatic carbocycles. The number of aryl methyl sites for hydroxylation is 1. The van der Waals surface area contributed by atoms with Gasteiger partial charge in [0.25, 0.3) is 5.91 Å². The Morgan fingerprint density at radius 2 is 1.78 bits per heavy atom. The maximum absolute atomic E-state index is 12.7. The van der Waals surface area contributed by atoms with Crippen LogP contribution in [0.2, 0.25) is 0 Å². The highest BCUT2D eigenvalue weighted by molar-refractivity contribution is 5.95.